The molecule has 0 atom stereocenters. The molecule has 2 amide bonds. The zero-order valence-corrected chi connectivity index (χ0v) is 14.9. The van der Waals surface area contributed by atoms with Crippen molar-refractivity contribution in [1.82, 2.24) is 0 Å². The van der Waals surface area contributed by atoms with Crippen LogP contribution in [0.4, 0.5) is 11.4 Å². The fraction of sp³-hybridized carbons (Fsp3) is 0.222. The van der Waals surface area contributed by atoms with Gasteiger partial charge in [-0.15, -0.1) is 0 Å². The van der Waals surface area contributed by atoms with Gasteiger partial charge >= 0.3 is 11.8 Å². The average Bonchev–Trinajstić information content (AvgIpc) is 2.56. The summed E-state index contributed by atoms with van der Waals surface area (Å²) in [4.78, 5) is 23.9. The van der Waals surface area contributed by atoms with Crippen LogP contribution in [0.3, 0.4) is 0 Å². The summed E-state index contributed by atoms with van der Waals surface area (Å²) < 4.78 is 10.5. The van der Waals surface area contributed by atoms with Crippen molar-refractivity contribution in [1.29, 1.82) is 0 Å². The SMILES string of the molecule is COc1ccc(NC(=O)C(=O)Nc2ccc(OC(C)C)cc2)cc1Cl. The minimum Gasteiger partial charge on any atom is -0.495 e. The van der Waals surface area contributed by atoms with Gasteiger partial charge in [-0.05, 0) is 56.3 Å². The number of benzene rings is 2. The number of halogens is 1. The van der Waals surface area contributed by atoms with Crippen molar-refractivity contribution in [2.24, 2.45) is 0 Å². The highest BCUT2D eigenvalue weighted by Crippen LogP contribution is 2.27. The Morgan fingerprint density at radius 2 is 1.52 bits per heavy atom. The van der Waals surface area contributed by atoms with Crippen LogP contribution in [0, 0.1) is 0 Å². The van der Waals surface area contributed by atoms with Crippen molar-refractivity contribution >= 4 is 34.8 Å². The molecule has 0 aliphatic rings. The van der Waals surface area contributed by atoms with Crippen LogP contribution in [0.5, 0.6) is 11.5 Å². The van der Waals surface area contributed by atoms with E-state index in [4.69, 9.17) is 21.1 Å². The van der Waals surface area contributed by atoms with Gasteiger partial charge in [0.25, 0.3) is 0 Å². The Hall–Kier alpha value is -2.73. The number of methoxy groups -OCH3 is 1. The molecule has 0 radical (unpaired) electrons. The molecule has 25 heavy (non-hydrogen) atoms. The lowest BCUT2D eigenvalue weighted by molar-refractivity contribution is -0.132. The number of carbonyl (C=O) groups is 2. The lowest BCUT2D eigenvalue weighted by Crippen LogP contribution is -2.29. The molecule has 0 unspecified atom stereocenters. The Morgan fingerprint density at radius 1 is 0.960 bits per heavy atom. The number of hydrogen-bond donors (Lipinski definition) is 2. The molecule has 2 rings (SSSR count). The third kappa shape index (κ3) is 5.39. The van der Waals surface area contributed by atoms with E-state index in [1.54, 1.807) is 36.4 Å². The monoisotopic (exact) mass is 362 g/mol. The molecule has 2 N–H and O–H groups in total. The van der Waals surface area contributed by atoms with Gasteiger partial charge in [-0.3, -0.25) is 9.59 Å². The van der Waals surface area contributed by atoms with Gasteiger partial charge in [-0.2, -0.15) is 0 Å². The van der Waals surface area contributed by atoms with Gasteiger partial charge in [0.05, 0.1) is 18.2 Å². The molecule has 0 aliphatic carbocycles. The molecule has 2 aromatic carbocycles. The highest BCUT2D eigenvalue weighted by Gasteiger charge is 2.15. The lowest BCUT2D eigenvalue weighted by Gasteiger charge is -2.11. The first kappa shape index (κ1) is 18.6. The molecule has 0 aromatic heterocycles. The second kappa shape index (κ2) is 8.39. The van der Waals surface area contributed by atoms with E-state index in [-0.39, 0.29) is 6.10 Å². The van der Waals surface area contributed by atoms with Gasteiger partial charge < -0.3 is 20.1 Å². The summed E-state index contributed by atoms with van der Waals surface area (Å²) in [5, 5.41) is 5.33. The van der Waals surface area contributed by atoms with Gasteiger partial charge in [0.2, 0.25) is 0 Å². The number of rotatable bonds is 5. The Bertz CT molecular complexity index is 760. The summed E-state index contributed by atoms with van der Waals surface area (Å²) in [5.74, 6) is -0.425. The first-order valence-corrected chi connectivity index (χ1v) is 7.99. The number of carbonyl (C=O) groups excluding carboxylic acids is 2. The summed E-state index contributed by atoms with van der Waals surface area (Å²) >= 11 is 5.98. The van der Waals surface area contributed by atoms with Gasteiger partial charge in [0.1, 0.15) is 11.5 Å². The zero-order valence-electron chi connectivity index (χ0n) is 14.1. The van der Waals surface area contributed by atoms with E-state index in [9.17, 15) is 9.59 Å². The Balaban J connectivity index is 1.96. The average molecular weight is 363 g/mol. The van der Waals surface area contributed by atoms with E-state index in [0.717, 1.165) is 0 Å². The third-order valence-corrected chi connectivity index (χ3v) is 3.40. The first-order chi connectivity index (χ1) is 11.9. The van der Waals surface area contributed by atoms with Crippen molar-refractivity contribution in [2.45, 2.75) is 20.0 Å². The third-order valence-electron chi connectivity index (χ3n) is 3.10. The van der Waals surface area contributed by atoms with E-state index < -0.39 is 11.8 Å². The molecule has 0 saturated carbocycles. The van der Waals surface area contributed by atoms with Crippen LogP contribution in [-0.2, 0) is 9.59 Å². The smallest absolute Gasteiger partial charge is 0.314 e. The molecule has 0 spiro atoms. The molecular weight excluding hydrogens is 344 g/mol. The minimum absolute atomic E-state index is 0.0579. The summed E-state index contributed by atoms with van der Waals surface area (Å²) in [6.45, 7) is 3.84. The summed E-state index contributed by atoms with van der Waals surface area (Å²) in [7, 11) is 1.49. The molecule has 132 valence electrons. The minimum atomic E-state index is -0.802. The normalized spacial score (nSPS) is 10.3. The van der Waals surface area contributed by atoms with Gasteiger partial charge in [0.15, 0.2) is 0 Å². The fourth-order valence-electron chi connectivity index (χ4n) is 2.01. The number of amides is 2. The van der Waals surface area contributed by atoms with Gasteiger partial charge in [-0.25, -0.2) is 0 Å². The van der Waals surface area contributed by atoms with E-state index in [0.29, 0.717) is 27.9 Å². The van der Waals surface area contributed by atoms with Crippen LogP contribution in [0.1, 0.15) is 13.8 Å². The highest BCUT2D eigenvalue weighted by molar-refractivity contribution is 6.43. The van der Waals surface area contributed by atoms with Crippen LogP contribution in [0.25, 0.3) is 0 Å². The molecule has 0 saturated heterocycles. The fourth-order valence-corrected chi connectivity index (χ4v) is 2.27. The molecule has 0 bridgehead atoms. The summed E-state index contributed by atoms with van der Waals surface area (Å²) in [6, 6.07) is 11.5. The largest absolute Gasteiger partial charge is 0.495 e. The quantitative estimate of drug-likeness (QED) is 0.795. The topological polar surface area (TPSA) is 76.7 Å². The first-order valence-electron chi connectivity index (χ1n) is 7.61. The molecular formula is C18H19ClN2O4. The Kier molecular flexibility index (Phi) is 6.25. The lowest BCUT2D eigenvalue weighted by atomic mass is 10.3. The molecule has 7 heteroatoms. The maximum absolute atomic E-state index is 12.0. The van der Waals surface area contributed by atoms with Crippen LogP contribution in [0.2, 0.25) is 5.02 Å². The van der Waals surface area contributed by atoms with Crippen molar-refractivity contribution in [2.75, 3.05) is 17.7 Å². The van der Waals surface area contributed by atoms with Crippen LogP contribution >= 0.6 is 11.6 Å². The predicted octanol–water partition coefficient (Wildman–Crippen LogP) is 3.71. The molecule has 0 fully saturated rings. The van der Waals surface area contributed by atoms with Crippen molar-refractivity contribution in [3.8, 4) is 11.5 Å². The van der Waals surface area contributed by atoms with E-state index in [1.165, 1.54) is 13.2 Å². The van der Waals surface area contributed by atoms with Gasteiger partial charge in [-0.1, -0.05) is 11.6 Å². The zero-order chi connectivity index (χ0) is 18.4. The van der Waals surface area contributed by atoms with Crippen molar-refractivity contribution in [3.05, 3.63) is 47.5 Å². The molecule has 0 aliphatic heterocycles. The summed E-state index contributed by atoms with van der Waals surface area (Å²) in [6.07, 6.45) is 0.0579. The van der Waals surface area contributed by atoms with Gasteiger partial charge in [0, 0.05) is 11.4 Å². The van der Waals surface area contributed by atoms with Crippen molar-refractivity contribution < 1.29 is 19.1 Å². The van der Waals surface area contributed by atoms with E-state index >= 15 is 0 Å². The van der Waals surface area contributed by atoms with Crippen LogP contribution in [0.15, 0.2) is 42.5 Å². The molecule has 0 heterocycles. The maximum atomic E-state index is 12.0. The van der Waals surface area contributed by atoms with E-state index in [2.05, 4.69) is 10.6 Å². The van der Waals surface area contributed by atoms with Crippen LogP contribution < -0.4 is 20.1 Å². The molecule has 2 aromatic rings. The number of nitrogens with one attached hydrogen (secondary N) is 2. The molecule has 6 nitrogen and oxygen atoms in total. The summed E-state index contributed by atoms with van der Waals surface area (Å²) in [5.41, 5.74) is 0.885. The number of hydrogen-bond acceptors (Lipinski definition) is 4. The maximum Gasteiger partial charge on any atom is 0.314 e. The Labute approximate surface area is 151 Å². The number of anilines is 2. The van der Waals surface area contributed by atoms with Crippen LogP contribution in [-0.4, -0.2) is 25.0 Å². The second-order valence-corrected chi connectivity index (χ2v) is 5.86. The number of ether oxygens (including phenoxy) is 2. The second-order valence-electron chi connectivity index (χ2n) is 5.45. The Morgan fingerprint density at radius 3 is 2.04 bits per heavy atom. The highest BCUT2D eigenvalue weighted by atomic mass is 35.5. The van der Waals surface area contributed by atoms with Crippen molar-refractivity contribution in [3.63, 3.8) is 0 Å². The predicted molar refractivity (Wildman–Crippen MR) is 97.5 cm³/mol. The van der Waals surface area contributed by atoms with E-state index in [1.807, 2.05) is 13.8 Å². The standard InChI is InChI=1S/C18H19ClN2O4/c1-11(2)25-14-7-4-12(5-8-14)20-17(22)18(23)21-13-6-9-16(24-3)15(19)10-13/h4-11H,1-3H3,(H,20,22)(H,21,23).